The zero-order chi connectivity index (χ0) is 9.73. The van der Waals surface area contributed by atoms with Crippen LogP contribution in [0.5, 0.6) is 0 Å². The van der Waals surface area contributed by atoms with Gasteiger partial charge in [-0.05, 0) is 12.8 Å². The second kappa shape index (κ2) is 6.22. The Labute approximate surface area is 90.2 Å². The number of halogens is 1. The van der Waals surface area contributed by atoms with Crippen LogP contribution in [0.25, 0.3) is 0 Å². The first-order chi connectivity index (χ1) is 6.12. The molecule has 0 amide bonds. The van der Waals surface area contributed by atoms with Crippen LogP contribution < -0.4 is 5.73 Å². The maximum atomic E-state index is 10.2. The maximum absolute atomic E-state index is 10.2. The lowest BCUT2D eigenvalue weighted by Gasteiger charge is -2.32. The van der Waals surface area contributed by atoms with Gasteiger partial charge in [-0.2, -0.15) is 0 Å². The molecule has 14 heavy (non-hydrogen) atoms. The fourth-order valence-corrected chi connectivity index (χ4v) is 1.74. The molecular formula is C9H18ClNO3. The summed E-state index contributed by atoms with van der Waals surface area (Å²) in [5.74, 6) is -0.931. The van der Waals surface area contributed by atoms with Gasteiger partial charge in [0.25, 0.3) is 0 Å². The van der Waals surface area contributed by atoms with Crippen molar-refractivity contribution in [2.24, 2.45) is 5.73 Å². The number of aliphatic carboxylic acids is 1. The number of carboxylic acid groups (broad SMARTS) is 1. The van der Waals surface area contributed by atoms with Crippen molar-refractivity contribution >= 4 is 18.4 Å². The molecule has 1 rings (SSSR count). The molecule has 1 fully saturated rings. The number of rotatable bonds is 4. The van der Waals surface area contributed by atoms with Gasteiger partial charge in [-0.3, -0.25) is 0 Å². The first-order valence-corrected chi connectivity index (χ1v) is 4.71. The van der Waals surface area contributed by atoms with Crippen LogP contribution in [-0.2, 0) is 9.53 Å². The predicted octanol–water partition coefficient (Wildman–Crippen LogP) is 1.17. The van der Waals surface area contributed by atoms with Crippen molar-refractivity contribution in [1.82, 2.24) is 0 Å². The van der Waals surface area contributed by atoms with Crippen LogP contribution in [0.3, 0.4) is 0 Å². The lowest BCUT2D eigenvalue weighted by molar-refractivity contribution is -0.142. The first kappa shape index (κ1) is 13.7. The number of hydrogen-bond acceptors (Lipinski definition) is 3. The second-order valence-electron chi connectivity index (χ2n) is 3.81. The van der Waals surface area contributed by atoms with E-state index in [-0.39, 0.29) is 24.6 Å². The van der Waals surface area contributed by atoms with Crippen molar-refractivity contribution < 1.29 is 14.6 Å². The van der Waals surface area contributed by atoms with Gasteiger partial charge in [0.05, 0.1) is 6.61 Å². The van der Waals surface area contributed by atoms with Crippen LogP contribution in [0, 0.1) is 0 Å². The van der Waals surface area contributed by atoms with Gasteiger partial charge >= 0.3 is 5.97 Å². The molecule has 1 saturated carbocycles. The molecular weight excluding hydrogens is 206 g/mol. The highest BCUT2D eigenvalue weighted by Crippen LogP contribution is 2.25. The zero-order valence-corrected chi connectivity index (χ0v) is 9.02. The van der Waals surface area contributed by atoms with E-state index < -0.39 is 5.97 Å². The number of nitrogens with two attached hydrogens (primary N) is 1. The average molecular weight is 224 g/mol. The molecule has 0 aromatic rings. The average Bonchev–Trinajstić information content (AvgIpc) is 2.04. The summed E-state index contributed by atoms with van der Waals surface area (Å²) >= 11 is 0. The van der Waals surface area contributed by atoms with E-state index in [1.165, 1.54) is 6.42 Å². The molecule has 5 heteroatoms. The largest absolute Gasteiger partial charge is 0.480 e. The highest BCUT2D eigenvalue weighted by Gasteiger charge is 2.27. The fourth-order valence-electron chi connectivity index (χ4n) is 1.74. The van der Waals surface area contributed by atoms with Crippen molar-refractivity contribution in [1.29, 1.82) is 0 Å². The topological polar surface area (TPSA) is 72.5 Å². The molecule has 0 spiro atoms. The van der Waals surface area contributed by atoms with Crippen molar-refractivity contribution in [2.75, 3.05) is 13.2 Å². The summed E-state index contributed by atoms with van der Waals surface area (Å²) in [5, 5.41) is 8.36. The van der Waals surface area contributed by atoms with Gasteiger partial charge < -0.3 is 15.6 Å². The van der Waals surface area contributed by atoms with Gasteiger partial charge in [-0.25, -0.2) is 4.79 Å². The molecule has 84 valence electrons. The minimum absolute atomic E-state index is 0. The van der Waals surface area contributed by atoms with E-state index >= 15 is 0 Å². The Morgan fingerprint density at radius 1 is 1.36 bits per heavy atom. The minimum Gasteiger partial charge on any atom is -0.480 e. The molecule has 0 unspecified atom stereocenters. The Kier molecular flexibility index (Phi) is 6.08. The number of carboxylic acids is 1. The highest BCUT2D eigenvalue weighted by atomic mass is 35.5. The molecule has 0 aliphatic heterocycles. The lowest BCUT2D eigenvalue weighted by atomic mass is 9.83. The zero-order valence-electron chi connectivity index (χ0n) is 8.20. The van der Waals surface area contributed by atoms with Crippen LogP contribution in [0.15, 0.2) is 0 Å². The molecule has 0 aromatic carbocycles. The van der Waals surface area contributed by atoms with Gasteiger partial charge in [0.15, 0.2) is 0 Å². The molecule has 0 bridgehead atoms. The van der Waals surface area contributed by atoms with Crippen molar-refractivity contribution in [3.8, 4) is 0 Å². The standard InChI is InChI=1S/C9H17NO3.ClH/c10-9(4-2-1-3-5-9)7-13-6-8(11)12;/h1-7,10H2,(H,11,12);1H. The highest BCUT2D eigenvalue weighted by molar-refractivity contribution is 5.85. The Balaban J connectivity index is 0.00000169. The molecule has 1 aliphatic carbocycles. The smallest absolute Gasteiger partial charge is 0.329 e. The van der Waals surface area contributed by atoms with Gasteiger partial charge in [-0.1, -0.05) is 19.3 Å². The minimum atomic E-state index is -0.931. The van der Waals surface area contributed by atoms with Gasteiger partial charge in [0, 0.05) is 5.54 Å². The quantitative estimate of drug-likeness (QED) is 0.751. The summed E-state index contributed by atoms with van der Waals surface area (Å²) < 4.78 is 5.01. The summed E-state index contributed by atoms with van der Waals surface area (Å²) in [4.78, 5) is 10.2. The van der Waals surface area contributed by atoms with Crippen molar-refractivity contribution in [2.45, 2.75) is 37.6 Å². The van der Waals surface area contributed by atoms with Gasteiger partial charge in [0.2, 0.25) is 0 Å². The fraction of sp³-hybridized carbons (Fsp3) is 0.889. The SMILES string of the molecule is Cl.NC1(COCC(=O)O)CCCCC1. The molecule has 0 heterocycles. The monoisotopic (exact) mass is 223 g/mol. The van der Waals surface area contributed by atoms with Crippen LogP contribution >= 0.6 is 12.4 Å². The second-order valence-corrected chi connectivity index (χ2v) is 3.81. The molecule has 0 saturated heterocycles. The number of carbonyl (C=O) groups is 1. The van der Waals surface area contributed by atoms with Crippen LogP contribution in [0.2, 0.25) is 0 Å². The van der Waals surface area contributed by atoms with E-state index in [9.17, 15) is 4.79 Å². The Morgan fingerprint density at radius 2 is 1.93 bits per heavy atom. The Hall–Kier alpha value is -0.320. The Morgan fingerprint density at radius 3 is 2.43 bits per heavy atom. The molecule has 0 radical (unpaired) electrons. The molecule has 0 atom stereocenters. The van der Waals surface area contributed by atoms with E-state index in [0.29, 0.717) is 6.61 Å². The molecule has 4 nitrogen and oxygen atoms in total. The summed E-state index contributed by atoms with van der Waals surface area (Å²) in [6.07, 6.45) is 5.40. The van der Waals surface area contributed by atoms with E-state index in [4.69, 9.17) is 15.6 Å². The van der Waals surface area contributed by atoms with Crippen LogP contribution in [0.4, 0.5) is 0 Å². The third-order valence-corrected chi connectivity index (χ3v) is 2.46. The van der Waals surface area contributed by atoms with Gasteiger partial charge in [-0.15, -0.1) is 12.4 Å². The molecule has 3 N–H and O–H groups in total. The Bertz CT molecular complexity index is 181. The summed E-state index contributed by atoms with van der Waals surface area (Å²) in [6, 6.07) is 0. The molecule has 0 aromatic heterocycles. The lowest BCUT2D eigenvalue weighted by Crippen LogP contribution is -2.46. The normalized spacial score (nSPS) is 19.8. The van der Waals surface area contributed by atoms with Crippen molar-refractivity contribution in [3.63, 3.8) is 0 Å². The third kappa shape index (κ3) is 4.79. The number of ether oxygens (including phenoxy) is 1. The van der Waals surface area contributed by atoms with E-state index in [2.05, 4.69) is 0 Å². The van der Waals surface area contributed by atoms with Crippen molar-refractivity contribution in [3.05, 3.63) is 0 Å². The van der Waals surface area contributed by atoms with E-state index in [1.807, 2.05) is 0 Å². The first-order valence-electron chi connectivity index (χ1n) is 4.71. The van der Waals surface area contributed by atoms with Crippen LogP contribution in [-0.4, -0.2) is 29.8 Å². The van der Waals surface area contributed by atoms with Crippen LogP contribution in [0.1, 0.15) is 32.1 Å². The van der Waals surface area contributed by atoms with Gasteiger partial charge in [0.1, 0.15) is 6.61 Å². The van der Waals surface area contributed by atoms with E-state index in [1.54, 1.807) is 0 Å². The molecule has 1 aliphatic rings. The maximum Gasteiger partial charge on any atom is 0.329 e. The predicted molar refractivity (Wildman–Crippen MR) is 55.7 cm³/mol. The summed E-state index contributed by atoms with van der Waals surface area (Å²) in [5.41, 5.74) is 5.76. The third-order valence-electron chi connectivity index (χ3n) is 2.46. The number of hydrogen-bond donors (Lipinski definition) is 2. The summed E-state index contributed by atoms with van der Waals surface area (Å²) in [7, 11) is 0. The summed E-state index contributed by atoms with van der Waals surface area (Å²) in [6.45, 7) is 0.137. The van der Waals surface area contributed by atoms with E-state index in [0.717, 1.165) is 25.7 Å².